The van der Waals surface area contributed by atoms with Crippen molar-refractivity contribution in [3.05, 3.63) is 0 Å². The molecule has 0 aromatic heterocycles. The van der Waals surface area contributed by atoms with Crippen LogP contribution in [0.5, 0.6) is 0 Å². The first kappa shape index (κ1) is 46.7. The molecule has 0 aliphatic heterocycles. The summed E-state index contributed by atoms with van der Waals surface area (Å²) in [5.74, 6) is 0. The molecule has 16 nitrogen and oxygen atoms in total. The molecule has 0 bridgehead atoms. The molecule has 12 N–H and O–H groups in total. The summed E-state index contributed by atoms with van der Waals surface area (Å²) in [4.78, 5) is 18.4. The lowest BCUT2D eigenvalue weighted by atomic mass is 10.0. The van der Waals surface area contributed by atoms with Crippen molar-refractivity contribution in [2.24, 2.45) is 16.5 Å². The van der Waals surface area contributed by atoms with E-state index in [1.807, 2.05) is 0 Å². The maximum absolute atomic E-state index is 13.1. The number of hydrogen-bond donors (Lipinski definition) is 9. The van der Waals surface area contributed by atoms with E-state index in [-0.39, 0.29) is 0 Å². The van der Waals surface area contributed by atoms with Crippen LogP contribution < -0.4 is 37.8 Å². The highest BCUT2D eigenvalue weighted by Crippen LogP contribution is 2.49. The molecule has 47 heavy (non-hydrogen) atoms. The molecule has 280 valence electrons. The van der Waals surface area contributed by atoms with E-state index in [4.69, 9.17) is 59.0 Å². The van der Waals surface area contributed by atoms with Gasteiger partial charge in [0.2, 0.25) is 0 Å². The fourth-order valence-electron chi connectivity index (χ4n) is 4.59. The molecular weight excluding hydrogens is 711 g/mol. The Morgan fingerprint density at radius 3 is 0.957 bits per heavy atom. The Balaban J connectivity index is 4.32. The average Bonchev–Trinajstić information content (AvgIpc) is 2.80. The number of thiocarbonyl (C=S) groups is 2. The van der Waals surface area contributed by atoms with Crippen LogP contribution in [-0.4, -0.2) is 68.6 Å². The van der Waals surface area contributed by atoms with E-state index in [0.29, 0.717) is 87.8 Å². The van der Waals surface area contributed by atoms with Crippen molar-refractivity contribution in [3.8, 4) is 0 Å². The van der Waals surface area contributed by atoms with Gasteiger partial charge in [-0.3, -0.25) is 18.1 Å². The fourth-order valence-corrected chi connectivity index (χ4v) is 8.19. The molecule has 0 saturated carbocycles. The predicted molar refractivity (Wildman–Crippen MR) is 195 cm³/mol. The standard InChI is InChI=1S/C26H60N7O9P3S2/c1-23(2,39-43(27,34)35)13-9-17-30-21(46)32-19-11-15-25(5,6)41-45(29,38)42-26(7,8)16-12-20-33-22(47)31-18-10-14-24(3,4)40-44(28,36)37/h9-20H2,1-8H3,(H2,29,38)(H3,27,34,35)(H3,28,36,37)(H2,30,32,46)(H2,31,33,47). The van der Waals surface area contributed by atoms with Crippen LogP contribution in [0.3, 0.4) is 0 Å². The molecule has 0 aromatic carbocycles. The molecule has 2 atom stereocenters. The molecule has 0 radical (unpaired) electrons. The highest BCUT2D eigenvalue weighted by molar-refractivity contribution is 7.80. The Morgan fingerprint density at radius 1 is 0.532 bits per heavy atom. The lowest BCUT2D eigenvalue weighted by molar-refractivity contribution is 0.0231. The molecule has 0 fully saturated rings. The summed E-state index contributed by atoms with van der Waals surface area (Å²) >= 11 is 10.6. The van der Waals surface area contributed by atoms with Crippen molar-refractivity contribution >= 4 is 57.9 Å². The minimum Gasteiger partial charge on any atom is -0.363 e. The average molecular weight is 772 g/mol. The van der Waals surface area contributed by atoms with E-state index in [2.05, 4.69) is 21.3 Å². The van der Waals surface area contributed by atoms with Gasteiger partial charge in [0.05, 0.1) is 22.4 Å². The van der Waals surface area contributed by atoms with Crippen molar-refractivity contribution in [1.82, 2.24) is 21.3 Å². The van der Waals surface area contributed by atoms with Crippen LogP contribution in [-0.2, 0) is 31.8 Å². The van der Waals surface area contributed by atoms with Crippen molar-refractivity contribution in [2.75, 3.05) is 26.2 Å². The second kappa shape index (κ2) is 19.9. The first-order valence-corrected chi connectivity index (χ1v) is 21.2. The topological polar surface area (TPSA) is 255 Å². The number of nitrogens with two attached hydrogens (primary N) is 3. The smallest absolute Gasteiger partial charge is 0.363 e. The van der Waals surface area contributed by atoms with Gasteiger partial charge in [-0.1, -0.05) is 0 Å². The quantitative estimate of drug-likeness (QED) is 0.0374. The number of hydrogen-bond acceptors (Lipinski definition) is 9. The SMILES string of the molecule is CC(C)(CCCNC(=S)NCCCC(C)(C)OP(N)(=O)OC(C)(C)CCCNC(=S)NCCCC(C)(C)OP(N)(=O)O)OP(N)(=O)O. The van der Waals surface area contributed by atoms with Gasteiger partial charge in [-0.25, -0.2) is 30.2 Å². The third-order valence-corrected chi connectivity index (χ3v) is 10.1. The summed E-state index contributed by atoms with van der Waals surface area (Å²) in [6.07, 6.45) is 4.68. The van der Waals surface area contributed by atoms with Crippen LogP contribution in [0.25, 0.3) is 0 Å². The van der Waals surface area contributed by atoms with Crippen LogP contribution in [0.2, 0.25) is 0 Å². The summed E-state index contributed by atoms with van der Waals surface area (Å²) in [5.41, 5.74) is 12.8. The van der Waals surface area contributed by atoms with E-state index in [1.54, 1.807) is 55.4 Å². The van der Waals surface area contributed by atoms with Crippen LogP contribution >= 0.6 is 47.7 Å². The fraction of sp³-hybridized carbons (Fsp3) is 0.923. The normalized spacial score (nSPS) is 16.8. The Bertz CT molecular complexity index is 1050. The van der Waals surface area contributed by atoms with Gasteiger partial charge in [0.15, 0.2) is 10.2 Å². The van der Waals surface area contributed by atoms with Gasteiger partial charge in [0.1, 0.15) is 0 Å². The second-order valence-electron chi connectivity index (χ2n) is 13.9. The summed E-state index contributed by atoms with van der Waals surface area (Å²) in [6.45, 7) is 16.1. The van der Waals surface area contributed by atoms with E-state index >= 15 is 0 Å². The van der Waals surface area contributed by atoms with Crippen molar-refractivity contribution in [3.63, 3.8) is 0 Å². The van der Waals surface area contributed by atoms with Crippen molar-refractivity contribution in [1.29, 1.82) is 0 Å². The molecule has 0 rings (SSSR count). The molecule has 0 aromatic rings. The third-order valence-electron chi connectivity index (χ3n) is 6.47. The maximum Gasteiger partial charge on any atom is 0.403 e. The van der Waals surface area contributed by atoms with Crippen LogP contribution in [0.15, 0.2) is 0 Å². The summed E-state index contributed by atoms with van der Waals surface area (Å²) in [5, 5.41) is 13.3. The third kappa shape index (κ3) is 28.1. The molecular formula is C26H60N7O9P3S2. The molecule has 0 saturated heterocycles. The Kier molecular flexibility index (Phi) is 19.8. The largest absolute Gasteiger partial charge is 0.403 e. The minimum atomic E-state index is -4.06. The maximum atomic E-state index is 13.1. The highest BCUT2D eigenvalue weighted by atomic mass is 32.1. The van der Waals surface area contributed by atoms with Gasteiger partial charge < -0.3 is 31.1 Å². The molecule has 0 heterocycles. The van der Waals surface area contributed by atoms with E-state index in [9.17, 15) is 23.5 Å². The summed E-state index contributed by atoms with van der Waals surface area (Å²) in [7, 11) is -12.0. The first-order valence-electron chi connectivity index (χ1n) is 15.5. The lowest BCUT2D eigenvalue weighted by Gasteiger charge is -2.33. The van der Waals surface area contributed by atoms with E-state index in [1.165, 1.54) is 0 Å². The monoisotopic (exact) mass is 771 g/mol. The van der Waals surface area contributed by atoms with E-state index in [0.717, 1.165) is 0 Å². The van der Waals surface area contributed by atoms with Gasteiger partial charge in [0.25, 0.3) is 0 Å². The van der Waals surface area contributed by atoms with Crippen molar-refractivity contribution < 1.29 is 41.6 Å². The Morgan fingerprint density at radius 2 is 0.745 bits per heavy atom. The summed E-state index contributed by atoms with van der Waals surface area (Å²) < 4.78 is 57.1. The lowest BCUT2D eigenvalue weighted by Crippen LogP contribution is -2.38. The zero-order valence-corrected chi connectivity index (χ0v) is 33.4. The van der Waals surface area contributed by atoms with Crippen LogP contribution in [0.4, 0.5) is 0 Å². The highest BCUT2D eigenvalue weighted by Gasteiger charge is 2.35. The van der Waals surface area contributed by atoms with Gasteiger partial charge in [-0.2, -0.15) is 0 Å². The van der Waals surface area contributed by atoms with Crippen LogP contribution in [0, 0.1) is 0 Å². The summed E-state index contributed by atoms with van der Waals surface area (Å²) in [6, 6.07) is 0. The predicted octanol–water partition coefficient (Wildman–Crippen LogP) is 4.40. The van der Waals surface area contributed by atoms with E-state index < -0.39 is 45.6 Å². The molecule has 21 heteroatoms. The second-order valence-corrected chi connectivity index (χ2v) is 18.7. The van der Waals surface area contributed by atoms with Gasteiger partial charge in [-0.05, 0) is 131 Å². The number of nitrogens with one attached hydrogen (secondary N) is 4. The molecule has 2 unspecified atom stereocenters. The molecule has 0 spiro atoms. The Labute approximate surface area is 291 Å². The Hall–Kier alpha value is -0.290. The zero-order valence-electron chi connectivity index (χ0n) is 29.1. The van der Waals surface area contributed by atoms with Crippen LogP contribution in [0.1, 0.15) is 107 Å². The van der Waals surface area contributed by atoms with Gasteiger partial charge in [0, 0.05) is 26.2 Å². The molecule has 0 aliphatic carbocycles. The van der Waals surface area contributed by atoms with Crippen molar-refractivity contribution in [2.45, 2.75) is 129 Å². The minimum absolute atomic E-state index is 0.467. The first-order chi connectivity index (χ1) is 21.0. The van der Waals surface area contributed by atoms with Gasteiger partial charge >= 0.3 is 23.2 Å². The molecule has 0 amide bonds. The molecule has 0 aliphatic rings. The van der Waals surface area contributed by atoms with Gasteiger partial charge in [-0.15, -0.1) is 0 Å². The number of rotatable bonds is 24. The zero-order chi connectivity index (χ0) is 36.8.